The zero-order valence-electron chi connectivity index (χ0n) is 10.5. The van der Waals surface area contributed by atoms with Crippen molar-refractivity contribution in [3.63, 3.8) is 0 Å². The van der Waals surface area contributed by atoms with Crippen molar-refractivity contribution in [2.24, 2.45) is 0 Å². The first kappa shape index (κ1) is 14.7. The molecule has 4 nitrogen and oxygen atoms in total. The van der Waals surface area contributed by atoms with Crippen LogP contribution < -0.4 is 5.32 Å². The number of carbonyl (C=O) groups is 1. The summed E-state index contributed by atoms with van der Waals surface area (Å²) in [6.07, 6.45) is 1.85. The van der Waals surface area contributed by atoms with Gasteiger partial charge in [-0.3, -0.25) is 4.79 Å². The molecule has 0 aliphatic carbocycles. The van der Waals surface area contributed by atoms with E-state index in [4.69, 9.17) is 11.6 Å². The Bertz CT molecular complexity index is 590. The molecule has 0 bridgehead atoms. The van der Waals surface area contributed by atoms with Gasteiger partial charge in [-0.2, -0.15) is 0 Å². The molecule has 2 rings (SSSR count). The van der Waals surface area contributed by atoms with E-state index >= 15 is 0 Å². The number of nitrogens with one attached hydrogen (secondary N) is 1. The van der Waals surface area contributed by atoms with Crippen LogP contribution in [0.3, 0.4) is 0 Å². The monoisotopic (exact) mass is 308 g/mol. The van der Waals surface area contributed by atoms with Crippen molar-refractivity contribution in [3.8, 4) is 5.75 Å². The maximum Gasteiger partial charge on any atom is 0.226 e. The van der Waals surface area contributed by atoms with E-state index in [0.717, 1.165) is 4.90 Å². The first-order chi connectivity index (χ1) is 9.65. The van der Waals surface area contributed by atoms with E-state index in [2.05, 4.69) is 10.3 Å². The second-order valence-corrected chi connectivity index (χ2v) is 5.58. The molecule has 0 unspecified atom stereocenters. The molecule has 6 heteroatoms. The molecule has 1 heterocycles. The van der Waals surface area contributed by atoms with Gasteiger partial charge < -0.3 is 10.4 Å². The number of hydrogen-bond donors (Lipinski definition) is 2. The van der Waals surface area contributed by atoms with Crippen molar-refractivity contribution in [1.29, 1.82) is 0 Å². The van der Waals surface area contributed by atoms with Crippen molar-refractivity contribution >= 4 is 35.1 Å². The lowest BCUT2D eigenvalue weighted by atomic mass is 10.4. The maximum absolute atomic E-state index is 11.7. The first-order valence-electron chi connectivity index (χ1n) is 5.97. The fourth-order valence-corrected chi connectivity index (χ4v) is 2.46. The standard InChI is InChI=1S/C14H13ClN2O2S/c15-10-3-5-11(6-4-10)20-9-7-13(19)17-14-12(18)2-1-8-16-14/h1-6,8,18H,7,9H2,(H,16,17,19). The normalized spacial score (nSPS) is 10.2. The molecule has 2 aromatic rings. The van der Waals surface area contributed by atoms with Gasteiger partial charge in [0.15, 0.2) is 11.6 Å². The van der Waals surface area contributed by atoms with Crippen LogP contribution in [0.15, 0.2) is 47.5 Å². The smallest absolute Gasteiger partial charge is 0.226 e. The van der Waals surface area contributed by atoms with Crippen molar-refractivity contribution < 1.29 is 9.90 Å². The van der Waals surface area contributed by atoms with Gasteiger partial charge in [-0.25, -0.2) is 4.98 Å². The lowest BCUT2D eigenvalue weighted by Crippen LogP contribution is -2.13. The third-order valence-corrected chi connectivity index (χ3v) is 3.72. The molecule has 0 saturated carbocycles. The zero-order chi connectivity index (χ0) is 14.4. The molecule has 0 spiro atoms. The minimum absolute atomic E-state index is 0.0359. The molecule has 0 aliphatic rings. The van der Waals surface area contributed by atoms with E-state index in [1.165, 1.54) is 12.3 Å². The minimum Gasteiger partial charge on any atom is -0.504 e. The molecular weight excluding hydrogens is 296 g/mol. The van der Waals surface area contributed by atoms with Crippen LogP contribution in [0.5, 0.6) is 5.75 Å². The number of pyridine rings is 1. The number of aromatic nitrogens is 1. The summed E-state index contributed by atoms with van der Waals surface area (Å²) in [5.41, 5.74) is 0. The molecule has 1 aromatic carbocycles. The summed E-state index contributed by atoms with van der Waals surface area (Å²) >= 11 is 7.37. The summed E-state index contributed by atoms with van der Waals surface area (Å²) in [4.78, 5) is 16.7. The van der Waals surface area contributed by atoms with Crippen LogP contribution in [0.1, 0.15) is 6.42 Å². The van der Waals surface area contributed by atoms with E-state index in [1.807, 2.05) is 24.3 Å². The SMILES string of the molecule is O=C(CCSc1ccc(Cl)cc1)Nc1ncccc1O. The van der Waals surface area contributed by atoms with Gasteiger partial charge >= 0.3 is 0 Å². The number of amides is 1. The molecular formula is C14H13ClN2O2S. The number of carbonyl (C=O) groups excluding carboxylic acids is 1. The zero-order valence-corrected chi connectivity index (χ0v) is 12.1. The second kappa shape index (κ2) is 7.17. The predicted molar refractivity (Wildman–Crippen MR) is 81.3 cm³/mol. The molecule has 0 saturated heterocycles. The van der Waals surface area contributed by atoms with Gasteiger partial charge in [-0.1, -0.05) is 11.6 Å². The number of aromatic hydroxyl groups is 1. The fraction of sp³-hybridized carbons (Fsp3) is 0.143. The Balaban J connectivity index is 1.78. The maximum atomic E-state index is 11.7. The Labute approximate surface area is 126 Å². The van der Waals surface area contributed by atoms with Gasteiger partial charge in [-0.05, 0) is 36.4 Å². The highest BCUT2D eigenvalue weighted by Gasteiger charge is 2.07. The van der Waals surface area contributed by atoms with E-state index in [-0.39, 0.29) is 17.5 Å². The third kappa shape index (κ3) is 4.43. The largest absolute Gasteiger partial charge is 0.504 e. The molecule has 0 fully saturated rings. The number of thioether (sulfide) groups is 1. The van der Waals surface area contributed by atoms with Crippen LogP contribution >= 0.6 is 23.4 Å². The highest BCUT2D eigenvalue weighted by molar-refractivity contribution is 7.99. The number of hydrogen-bond acceptors (Lipinski definition) is 4. The number of anilines is 1. The van der Waals surface area contributed by atoms with Crippen molar-refractivity contribution in [3.05, 3.63) is 47.6 Å². The molecule has 0 radical (unpaired) electrons. The highest BCUT2D eigenvalue weighted by Crippen LogP contribution is 2.22. The summed E-state index contributed by atoms with van der Waals surface area (Å²) in [6, 6.07) is 10.5. The molecule has 0 atom stereocenters. The third-order valence-electron chi connectivity index (χ3n) is 2.46. The number of rotatable bonds is 5. The first-order valence-corrected chi connectivity index (χ1v) is 7.34. The molecule has 2 N–H and O–H groups in total. The summed E-state index contributed by atoms with van der Waals surface area (Å²) < 4.78 is 0. The van der Waals surface area contributed by atoms with Gasteiger partial charge in [0.05, 0.1) is 0 Å². The number of halogens is 1. The van der Waals surface area contributed by atoms with Crippen LogP contribution in [0.2, 0.25) is 5.02 Å². The number of nitrogens with zero attached hydrogens (tertiary/aromatic N) is 1. The summed E-state index contributed by atoms with van der Waals surface area (Å²) in [5, 5.41) is 12.8. The van der Waals surface area contributed by atoms with Crippen molar-refractivity contribution in [2.75, 3.05) is 11.1 Å². The molecule has 0 aliphatic heterocycles. The van der Waals surface area contributed by atoms with Crippen LogP contribution in [-0.4, -0.2) is 21.8 Å². The van der Waals surface area contributed by atoms with Gasteiger partial charge in [-0.15, -0.1) is 11.8 Å². The van der Waals surface area contributed by atoms with E-state index in [1.54, 1.807) is 17.8 Å². The lowest BCUT2D eigenvalue weighted by Gasteiger charge is -2.05. The molecule has 1 aromatic heterocycles. The predicted octanol–water partition coefficient (Wildman–Crippen LogP) is 3.56. The van der Waals surface area contributed by atoms with Gasteiger partial charge in [0.25, 0.3) is 0 Å². The van der Waals surface area contributed by atoms with Crippen LogP contribution in [0.25, 0.3) is 0 Å². The highest BCUT2D eigenvalue weighted by atomic mass is 35.5. The van der Waals surface area contributed by atoms with Gasteiger partial charge in [0.2, 0.25) is 5.91 Å². The summed E-state index contributed by atoms with van der Waals surface area (Å²) in [7, 11) is 0. The molecule has 104 valence electrons. The average molecular weight is 309 g/mol. The molecule has 20 heavy (non-hydrogen) atoms. The van der Waals surface area contributed by atoms with Crippen LogP contribution in [-0.2, 0) is 4.79 Å². The van der Waals surface area contributed by atoms with Gasteiger partial charge in [0.1, 0.15) is 0 Å². The lowest BCUT2D eigenvalue weighted by molar-refractivity contribution is -0.115. The summed E-state index contributed by atoms with van der Waals surface area (Å²) in [6.45, 7) is 0. The number of benzene rings is 1. The topological polar surface area (TPSA) is 62.2 Å². The average Bonchev–Trinajstić information content (AvgIpc) is 2.44. The van der Waals surface area contributed by atoms with E-state index in [0.29, 0.717) is 17.2 Å². The van der Waals surface area contributed by atoms with E-state index in [9.17, 15) is 9.90 Å². The summed E-state index contributed by atoms with van der Waals surface area (Å²) in [5.74, 6) is 0.613. The Hall–Kier alpha value is -1.72. The Morgan fingerprint density at radius 3 is 2.75 bits per heavy atom. The van der Waals surface area contributed by atoms with Crippen molar-refractivity contribution in [1.82, 2.24) is 4.98 Å². The quantitative estimate of drug-likeness (QED) is 0.829. The van der Waals surface area contributed by atoms with E-state index < -0.39 is 0 Å². The Morgan fingerprint density at radius 1 is 1.30 bits per heavy atom. The van der Waals surface area contributed by atoms with Gasteiger partial charge in [0, 0.05) is 28.3 Å². The Morgan fingerprint density at radius 2 is 2.05 bits per heavy atom. The second-order valence-electron chi connectivity index (χ2n) is 3.97. The van der Waals surface area contributed by atoms with Crippen LogP contribution in [0.4, 0.5) is 5.82 Å². The fourth-order valence-electron chi connectivity index (χ4n) is 1.48. The Kier molecular flexibility index (Phi) is 5.26. The van der Waals surface area contributed by atoms with Crippen LogP contribution in [0, 0.1) is 0 Å². The minimum atomic E-state index is -0.180. The molecule has 1 amide bonds. The van der Waals surface area contributed by atoms with Crippen molar-refractivity contribution in [2.45, 2.75) is 11.3 Å².